The van der Waals surface area contributed by atoms with Crippen molar-refractivity contribution >= 4 is 11.8 Å². The lowest BCUT2D eigenvalue weighted by atomic mass is 10.1. The number of benzene rings is 1. The summed E-state index contributed by atoms with van der Waals surface area (Å²) in [6.07, 6.45) is 1.42. The van der Waals surface area contributed by atoms with Gasteiger partial charge in [-0.15, -0.1) is 0 Å². The highest BCUT2D eigenvalue weighted by Crippen LogP contribution is 2.23. The molecule has 0 spiro atoms. The van der Waals surface area contributed by atoms with Gasteiger partial charge in [0.1, 0.15) is 17.3 Å². The quantitative estimate of drug-likeness (QED) is 0.675. The third-order valence-electron chi connectivity index (χ3n) is 4.24. The number of aryl methyl sites for hydroxylation is 2. The van der Waals surface area contributed by atoms with E-state index >= 15 is 0 Å². The number of hydrazine groups is 1. The Balaban J connectivity index is 1.81. The molecule has 0 saturated carbocycles. The molecule has 0 fully saturated rings. The molecule has 2 amide bonds. The van der Waals surface area contributed by atoms with Crippen molar-refractivity contribution in [1.29, 1.82) is 0 Å². The van der Waals surface area contributed by atoms with Gasteiger partial charge in [0.05, 0.1) is 28.7 Å². The molecule has 0 aliphatic heterocycles. The highest BCUT2D eigenvalue weighted by Gasteiger charge is 2.22. The number of amides is 2. The number of hydrogen-bond acceptors (Lipinski definition) is 4. The molecular weight excluding hydrogens is 363 g/mol. The standard InChI is InChI=1S/C20H21FN4O3/c1-11(2)18-17(10-22-25(18)15-7-5-14(21)6-8-15)20(27)24-23-19(26)16-9-12(3)28-13(16)4/h5-11H,1-4H3,(H,23,26)(H,24,27). The highest BCUT2D eigenvalue weighted by atomic mass is 19.1. The summed E-state index contributed by atoms with van der Waals surface area (Å²) in [4.78, 5) is 24.9. The van der Waals surface area contributed by atoms with E-state index in [2.05, 4.69) is 16.0 Å². The topological polar surface area (TPSA) is 89.2 Å². The lowest BCUT2D eigenvalue weighted by Crippen LogP contribution is -2.42. The summed E-state index contributed by atoms with van der Waals surface area (Å²) >= 11 is 0. The zero-order valence-electron chi connectivity index (χ0n) is 16.0. The van der Waals surface area contributed by atoms with Gasteiger partial charge in [0.25, 0.3) is 11.8 Å². The average molecular weight is 384 g/mol. The number of halogens is 1. The second kappa shape index (κ2) is 7.67. The molecule has 0 atom stereocenters. The van der Waals surface area contributed by atoms with Crippen LogP contribution < -0.4 is 10.9 Å². The summed E-state index contributed by atoms with van der Waals surface area (Å²) < 4.78 is 20.1. The van der Waals surface area contributed by atoms with E-state index in [1.165, 1.54) is 18.3 Å². The Morgan fingerprint density at radius 3 is 2.21 bits per heavy atom. The van der Waals surface area contributed by atoms with Crippen LogP contribution >= 0.6 is 0 Å². The van der Waals surface area contributed by atoms with Gasteiger partial charge in [-0.05, 0) is 50.1 Å². The van der Waals surface area contributed by atoms with Crippen molar-refractivity contribution in [2.75, 3.05) is 0 Å². The van der Waals surface area contributed by atoms with E-state index in [4.69, 9.17) is 4.42 Å². The van der Waals surface area contributed by atoms with Gasteiger partial charge in [-0.3, -0.25) is 20.4 Å². The van der Waals surface area contributed by atoms with Gasteiger partial charge < -0.3 is 4.42 Å². The first-order valence-electron chi connectivity index (χ1n) is 8.79. The minimum Gasteiger partial charge on any atom is -0.466 e. The van der Waals surface area contributed by atoms with Crippen LogP contribution in [0.2, 0.25) is 0 Å². The molecule has 0 aliphatic rings. The number of rotatable bonds is 4. The first kappa shape index (κ1) is 19.3. The molecule has 3 rings (SSSR count). The van der Waals surface area contributed by atoms with Gasteiger partial charge in [0.2, 0.25) is 0 Å². The Morgan fingerprint density at radius 2 is 1.68 bits per heavy atom. The second-order valence-corrected chi connectivity index (χ2v) is 6.72. The lowest BCUT2D eigenvalue weighted by molar-refractivity contribution is 0.0845. The van der Waals surface area contributed by atoms with Crippen molar-refractivity contribution in [3.8, 4) is 5.69 Å². The van der Waals surface area contributed by atoms with Gasteiger partial charge in [-0.2, -0.15) is 5.10 Å². The van der Waals surface area contributed by atoms with Crippen LogP contribution in [0, 0.1) is 19.7 Å². The number of aromatic nitrogens is 2. The normalized spacial score (nSPS) is 10.9. The molecule has 28 heavy (non-hydrogen) atoms. The largest absolute Gasteiger partial charge is 0.466 e. The van der Waals surface area contributed by atoms with E-state index in [1.807, 2.05) is 13.8 Å². The lowest BCUT2D eigenvalue weighted by Gasteiger charge is -2.13. The monoisotopic (exact) mass is 384 g/mol. The Bertz CT molecular complexity index is 1020. The number of nitrogens with one attached hydrogen (secondary N) is 2. The van der Waals surface area contributed by atoms with E-state index in [1.54, 1.807) is 36.7 Å². The molecule has 0 unspecified atom stereocenters. The number of carbonyl (C=O) groups is 2. The van der Waals surface area contributed by atoms with Gasteiger partial charge in [-0.25, -0.2) is 9.07 Å². The third-order valence-corrected chi connectivity index (χ3v) is 4.24. The van der Waals surface area contributed by atoms with Crippen LogP contribution in [-0.4, -0.2) is 21.6 Å². The van der Waals surface area contributed by atoms with Gasteiger partial charge in [0, 0.05) is 0 Å². The fourth-order valence-electron chi connectivity index (χ4n) is 2.98. The summed E-state index contributed by atoms with van der Waals surface area (Å²) in [6.45, 7) is 7.25. The Labute approximate surface area is 161 Å². The molecule has 0 aliphatic carbocycles. The molecule has 2 N–H and O–H groups in total. The van der Waals surface area contributed by atoms with E-state index in [9.17, 15) is 14.0 Å². The molecule has 0 radical (unpaired) electrons. The third kappa shape index (κ3) is 3.80. The van der Waals surface area contributed by atoms with Gasteiger partial charge >= 0.3 is 0 Å². The van der Waals surface area contributed by atoms with Crippen LogP contribution in [0.25, 0.3) is 5.69 Å². The predicted molar refractivity (Wildman–Crippen MR) is 101 cm³/mol. The summed E-state index contributed by atoms with van der Waals surface area (Å²) in [5.41, 5.74) is 6.75. The van der Waals surface area contributed by atoms with Gasteiger partial charge in [-0.1, -0.05) is 13.8 Å². The molecule has 2 aromatic heterocycles. The van der Waals surface area contributed by atoms with Crippen molar-refractivity contribution in [2.24, 2.45) is 0 Å². The van der Waals surface area contributed by atoms with Crippen LogP contribution in [0.15, 0.2) is 40.9 Å². The van der Waals surface area contributed by atoms with E-state index < -0.39 is 11.8 Å². The van der Waals surface area contributed by atoms with Crippen LogP contribution in [0.5, 0.6) is 0 Å². The molecule has 1 aromatic carbocycles. The fraction of sp³-hybridized carbons (Fsp3) is 0.250. The minimum absolute atomic E-state index is 0.0391. The second-order valence-electron chi connectivity index (χ2n) is 6.72. The van der Waals surface area contributed by atoms with Crippen LogP contribution in [-0.2, 0) is 0 Å². The smallest absolute Gasteiger partial charge is 0.273 e. The maximum atomic E-state index is 13.2. The van der Waals surface area contributed by atoms with Crippen LogP contribution in [0.3, 0.4) is 0 Å². The molecule has 8 heteroatoms. The summed E-state index contributed by atoms with van der Waals surface area (Å²) in [5.74, 6) is -0.286. The molecule has 3 aromatic rings. The Morgan fingerprint density at radius 1 is 1.07 bits per heavy atom. The number of hydrogen-bond donors (Lipinski definition) is 2. The maximum absolute atomic E-state index is 13.2. The molecule has 0 bridgehead atoms. The van der Waals surface area contributed by atoms with E-state index in [0.717, 1.165) is 0 Å². The molecule has 7 nitrogen and oxygen atoms in total. The van der Waals surface area contributed by atoms with Crippen molar-refractivity contribution < 1.29 is 18.4 Å². The van der Waals surface area contributed by atoms with Crippen molar-refractivity contribution in [1.82, 2.24) is 20.6 Å². The SMILES string of the molecule is Cc1cc(C(=O)NNC(=O)c2cnn(-c3ccc(F)cc3)c2C(C)C)c(C)o1. The number of carbonyl (C=O) groups excluding carboxylic acids is 2. The maximum Gasteiger partial charge on any atom is 0.273 e. The molecule has 2 heterocycles. The molecular formula is C20H21FN4O3. The van der Waals surface area contributed by atoms with Gasteiger partial charge in [0.15, 0.2) is 0 Å². The summed E-state index contributed by atoms with van der Waals surface area (Å²) in [6, 6.07) is 7.43. The zero-order chi connectivity index (χ0) is 20.4. The van der Waals surface area contributed by atoms with Crippen LogP contribution in [0.4, 0.5) is 4.39 Å². The molecule has 146 valence electrons. The van der Waals surface area contributed by atoms with Crippen LogP contribution in [0.1, 0.15) is 57.7 Å². The Hall–Kier alpha value is -3.42. The van der Waals surface area contributed by atoms with E-state index in [0.29, 0.717) is 34.0 Å². The first-order chi connectivity index (χ1) is 13.3. The summed E-state index contributed by atoms with van der Waals surface area (Å²) in [7, 11) is 0. The zero-order valence-corrected chi connectivity index (χ0v) is 16.0. The average Bonchev–Trinajstić information content (AvgIpc) is 3.23. The van der Waals surface area contributed by atoms with Crippen molar-refractivity contribution in [3.05, 3.63) is 70.7 Å². The predicted octanol–water partition coefficient (Wildman–Crippen LogP) is 3.42. The minimum atomic E-state index is -0.497. The first-order valence-corrected chi connectivity index (χ1v) is 8.79. The highest BCUT2D eigenvalue weighted by molar-refractivity contribution is 6.00. The van der Waals surface area contributed by atoms with Crippen molar-refractivity contribution in [2.45, 2.75) is 33.6 Å². The van der Waals surface area contributed by atoms with E-state index in [-0.39, 0.29) is 11.7 Å². The Kier molecular flexibility index (Phi) is 5.30. The van der Waals surface area contributed by atoms with Crippen molar-refractivity contribution in [3.63, 3.8) is 0 Å². The fourth-order valence-corrected chi connectivity index (χ4v) is 2.98. The molecule has 0 saturated heterocycles. The summed E-state index contributed by atoms with van der Waals surface area (Å²) in [5, 5.41) is 4.27. The number of furan rings is 1. The number of nitrogens with zero attached hydrogens (tertiary/aromatic N) is 2.